The van der Waals surface area contributed by atoms with Crippen LogP contribution in [0.3, 0.4) is 0 Å². The highest BCUT2D eigenvalue weighted by Gasteiger charge is 2.28. The van der Waals surface area contributed by atoms with Crippen LogP contribution in [0.15, 0.2) is 12.2 Å². The molecule has 1 unspecified atom stereocenters. The minimum Gasteiger partial charge on any atom is -0.391 e. The zero-order chi connectivity index (χ0) is 35.8. The van der Waals surface area contributed by atoms with Gasteiger partial charge in [0, 0.05) is 6.42 Å². The Bertz CT molecular complexity index is 804. The maximum atomic E-state index is 12.8. The van der Waals surface area contributed by atoms with Gasteiger partial charge in [0.15, 0.2) is 0 Å². The van der Waals surface area contributed by atoms with Gasteiger partial charge in [0.2, 0.25) is 5.91 Å². The van der Waals surface area contributed by atoms with Gasteiger partial charge in [-0.25, -0.2) is 4.57 Å². The zero-order valence-electron chi connectivity index (χ0n) is 32.2. The predicted molar refractivity (Wildman–Crippen MR) is 203 cm³/mol. The lowest BCUT2D eigenvalue weighted by molar-refractivity contribution is -0.870. The molecule has 0 saturated heterocycles. The van der Waals surface area contributed by atoms with Crippen LogP contribution in [0.1, 0.15) is 181 Å². The summed E-state index contributed by atoms with van der Waals surface area (Å²) in [6.07, 6.45) is 33.8. The first kappa shape index (κ1) is 47.2. The number of nitrogens with zero attached hydrogens (tertiary/aromatic N) is 1. The standard InChI is InChI=1S/C39H79N2O6P/c1-6-8-10-12-14-16-18-19-20-21-22-23-24-26-28-30-32-38(42)37(36-47-48(44,45)46-35-34-41(3,4)5)40-39(43)33-31-29-27-25-17-15-13-11-9-7-2/h23-24,37-38,42H,6-22,25-36H2,1-5H3,(H-,40,43,44,45)/p+1/b24-23+/t37-,38+/m1/s1. The fourth-order valence-electron chi connectivity index (χ4n) is 5.74. The number of phosphoric acid groups is 1. The molecule has 3 atom stereocenters. The summed E-state index contributed by atoms with van der Waals surface area (Å²) in [4.78, 5) is 23.0. The van der Waals surface area contributed by atoms with Crippen molar-refractivity contribution < 1.29 is 32.9 Å². The second kappa shape index (κ2) is 32.2. The molecule has 0 rings (SSSR count). The number of unbranched alkanes of at least 4 members (excludes halogenated alkanes) is 21. The van der Waals surface area contributed by atoms with E-state index in [9.17, 15) is 19.4 Å². The number of phosphoric ester groups is 1. The molecule has 3 N–H and O–H groups in total. The molecular formula is C39H80N2O6P+. The highest BCUT2D eigenvalue weighted by molar-refractivity contribution is 7.47. The first-order chi connectivity index (χ1) is 23.0. The van der Waals surface area contributed by atoms with E-state index in [-0.39, 0.29) is 19.1 Å². The van der Waals surface area contributed by atoms with Crippen molar-refractivity contribution in [3.63, 3.8) is 0 Å². The van der Waals surface area contributed by atoms with Crippen LogP contribution in [0.4, 0.5) is 0 Å². The zero-order valence-corrected chi connectivity index (χ0v) is 33.1. The molecule has 0 aromatic carbocycles. The van der Waals surface area contributed by atoms with Gasteiger partial charge in [-0.15, -0.1) is 0 Å². The second-order valence-corrected chi connectivity index (χ2v) is 16.5. The van der Waals surface area contributed by atoms with Crippen molar-refractivity contribution in [1.82, 2.24) is 5.32 Å². The largest absolute Gasteiger partial charge is 0.472 e. The maximum Gasteiger partial charge on any atom is 0.472 e. The Balaban J connectivity index is 4.45. The molecule has 9 heteroatoms. The molecule has 0 aliphatic rings. The molecule has 286 valence electrons. The summed E-state index contributed by atoms with van der Waals surface area (Å²) < 4.78 is 23.5. The number of likely N-dealkylation sites (N-methyl/N-ethyl adjacent to an activating group) is 1. The summed E-state index contributed by atoms with van der Waals surface area (Å²) in [6.45, 7) is 4.84. The SMILES string of the molecule is CCCCCCCCCCCC/C=C/CCCC[C@H](O)[C@@H](COP(=O)(O)OCC[N+](C)(C)C)NC(=O)CCCCCCCCCCCC. The molecule has 8 nitrogen and oxygen atoms in total. The minimum atomic E-state index is -4.31. The van der Waals surface area contributed by atoms with E-state index >= 15 is 0 Å². The number of carbonyl (C=O) groups excluding carboxylic acids is 1. The van der Waals surface area contributed by atoms with Crippen LogP contribution in [-0.4, -0.2) is 73.4 Å². The Morgan fingerprint density at radius 2 is 1.12 bits per heavy atom. The van der Waals surface area contributed by atoms with Crippen LogP contribution in [0.5, 0.6) is 0 Å². The first-order valence-corrected chi connectivity index (χ1v) is 21.5. The molecule has 0 heterocycles. The number of hydrogen-bond acceptors (Lipinski definition) is 5. The van der Waals surface area contributed by atoms with Gasteiger partial charge >= 0.3 is 7.82 Å². The molecule has 0 aromatic rings. The van der Waals surface area contributed by atoms with Crippen LogP contribution in [0, 0.1) is 0 Å². The predicted octanol–water partition coefficient (Wildman–Crippen LogP) is 10.4. The van der Waals surface area contributed by atoms with Crippen LogP contribution in [-0.2, 0) is 18.4 Å². The highest BCUT2D eigenvalue weighted by atomic mass is 31.2. The molecule has 0 aliphatic carbocycles. The van der Waals surface area contributed by atoms with Crippen molar-refractivity contribution >= 4 is 13.7 Å². The van der Waals surface area contributed by atoms with E-state index in [4.69, 9.17) is 9.05 Å². The van der Waals surface area contributed by atoms with E-state index in [0.29, 0.717) is 23.9 Å². The van der Waals surface area contributed by atoms with Crippen molar-refractivity contribution in [3.05, 3.63) is 12.2 Å². The van der Waals surface area contributed by atoms with E-state index in [2.05, 4.69) is 31.3 Å². The van der Waals surface area contributed by atoms with Gasteiger partial charge in [0.1, 0.15) is 13.2 Å². The number of quaternary nitrogens is 1. The summed E-state index contributed by atoms with van der Waals surface area (Å²) >= 11 is 0. The van der Waals surface area contributed by atoms with Gasteiger partial charge in [-0.3, -0.25) is 13.8 Å². The van der Waals surface area contributed by atoms with Crippen LogP contribution in [0.25, 0.3) is 0 Å². The molecule has 1 amide bonds. The van der Waals surface area contributed by atoms with Gasteiger partial charge < -0.3 is 19.8 Å². The lowest BCUT2D eigenvalue weighted by Gasteiger charge is -2.26. The molecule has 0 aliphatic heterocycles. The summed E-state index contributed by atoms with van der Waals surface area (Å²) in [7, 11) is 1.60. The second-order valence-electron chi connectivity index (χ2n) is 15.0. The minimum absolute atomic E-state index is 0.0717. The summed E-state index contributed by atoms with van der Waals surface area (Å²) in [5, 5.41) is 13.9. The number of hydrogen-bond donors (Lipinski definition) is 3. The number of aliphatic hydroxyl groups is 1. The third-order valence-electron chi connectivity index (χ3n) is 9.01. The average Bonchev–Trinajstić information content (AvgIpc) is 3.02. The smallest absolute Gasteiger partial charge is 0.391 e. The van der Waals surface area contributed by atoms with E-state index in [0.717, 1.165) is 44.9 Å². The third-order valence-corrected chi connectivity index (χ3v) is 10.00. The fourth-order valence-corrected chi connectivity index (χ4v) is 6.48. The molecule has 48 heavy (non-hydrogen) atoms. The first-order valence-electron chi connectivity index (χ1n) is 20.1. The van der Waals surface area contributed by atoms with Crippen molar-refractivity contribution in [3.8, 4) is 0 Å². The van der Waals surface area contributed by atoms with Crippen LogP contribution < -0.4 is 5.32 Å². The number of rotatable bonds is 36. The van der Waals surface area contributed by atoms with E-state index < -0.39 is 20.0 Å². The van der Waals surface area contributed by atoms with Crippen LogP contribution >= 0.6 is 7.82 Å². The van der Waals surface area contributed by atoms with Crippen molar-refractivity contribution in [1.29, 1.82) is 0 Å². The summed E-state index contributed by atoms with van der Waals surface area (Å²) in [6, 6.07) is -0.769. The molecule has 0 saturated carbocycles. The Morgan fingerprint density at radius 3 is 1.60 bits per heavy atom. The number of allylic oxidation sites excluding steroid dienone is 2. The fraction of sp³-hybridized carbons (Fsp3) is 0.923. The summed E-state index contributed by atoms with van der Waals surface area (Å²) in [5.74, 6) is -0.157. The molecular weight excluding hydrogens is 623 g/mol. The van der Waals surface area contributed by atoms with E-state index in [1.165, 1.54) is 109 Å². The number of nitrogens with one attached hydrogen (secondary N) is 1. The lowest BCUT2D eigenvalue weighted by Crippen LogP contribution is -2.46. The topological polar surface area (TPSA) is 105 Å². The molecule has 0 fully saturated rings. The van der Waals surface area contributed by atoms with E-state index in [1.54, 1.807) is 0 Å². The number of carbonyl (C=O) groups is 1. The molecule has 0 radical (unpaired) electrons. The highest BCUT2D eigenvalue weighted by Crippen LogP contribution is 2.43. The van der Waals surface area contributed by atoms with E-state index in [1.807, 2.05) is 21.1 Å². The number of aliphatic hydroxyl groups excluding tert-OH is 1. The third kappa shape index (κ3) is 33.7. The Morgan fingerprint density at radius 1 is 0.688 bits per heavy atom. The van der Waals surface area contributed by atoms with Gasteiger partial charge in [-0.2, -0.15) is 0 Å². The van der Waals surface area contributed by atoms with Gasteiger partial charge in [0.25, 0.3) is 0 Å². The Labute approximate surface area is 297 Å². The number of amides is 1. The maximum absolute atomic E-state index is 12.8. The normalized spacial score (nSPS) is 14.7. The van der Waals surface area contributed by atoms with Crippen molar-refractivity contribution in [2.75, 3.05) is 40.9 Å². The quantitative estimate of drug-likeness (QED) is 0.0260. The molecule has 0 bridgehead atoms. The Hall–Kier alpha value is -0.760. The van der Waals surface area contributed by atoms with Gasteiger partial charge in [-0.1, -0.05) is 148 Å². The summed E-state index contributed by atoms with van der Waals surface area (Å²) in [5.41, 5.74) is 0. The van der Waals surface area contributed by atoms with Gasteiger partial charge in [-0.05, 0) is 38.5 Å². The van der Waals surface area contributed by atoms with Gasteiger partial charge in [0.05, 0.1) is 39.9 Å². The Kier molecular flexibility index (Phi) is 31.7. The van der Waals surface area contributed by atoms with Crippen LogP contribution in [0.2, 0.25) is 0 Å². The average molecular weight is 704 g/mol. The van der Waals surface area contributed by atoms with Crippen molar-refractivity contribution in [2.45, 2.75) is 193 Å². The molecule has 0 aromatic heterocycles. The monoisotopic (exact) mass is 704 g/mol. The van der Waals surface area contributed by atoms with Crippen molar-refractivity contribution in [2.24, 2.45) is 0 Å². The lowest BCUT2D eigenvalue weighted by atomic mass is 10.0. The molecule has 0 spiro atoms.